The lowest BCUT2D eigenvalue weighted by atomic mass is 10.1. The number of nitrogens with one attached hydrogen (secondary N) is 1. The molecule has 0 saturated heterocycles. The van der Waals surface area contributed by atoms with E-state index in [9.17, 15) is 9.59 Å². The van der Waals surface area contributed by atoms with Crippen LogP contribution in [0.5, 0.6) is 5.75 Å². The Morgan fingerprint density at radius 3 is 2.69 bits per heavy atom. The first-order valence-electron chi connectivity index (χ1n) is 10.3. The van der Waals surface area contributed by atoms with Crippen molar-refractivity contribution in [2.24, 2.45) is 0 Å². The van der Waals surface area contributed by atoms with Gasteiger partial charge in [0.25, 0.3) is 5.56 Å². The van der Waals surface area contributed by atoms with Crippen LogP contribution < -0.4 is 15.6 Å². The average molecular weight is 402 g/mol. The fraction of sp³-hybridized carbons (Fsp3) is 0.500. The molecular weight excluding hydrogens is 370 g/mol. The van der Waals surface area contributed by atoms with Gasteiger partial charge in [0.15, 0.2) is 0 Å². The van der Waals surface area contributed by atoms with E-state index in [1.165, 1.54) is 4.68 Å². The van der Waals surface area contributed by atoms with Gasteiger partial charge in [-0.1, -0.05) is 20.3 Å². The number of anilines is 1. The van der Waals surface area contributed by atoms with Crippen molar-refractivity contribution in [3.63, 3.8) is 0 Å². The highest BCUT2D eigenvalue weighted by Gasteiger charge is 2.11. The van der Waals surface area contributed by atoms with Gasteiger partial charge in [-0.2, -0.15) is 5.10 Å². The van der Waals surface area contributed by atoms with Crippen molar-refractivity contribution in [2.75, 3.05) is 25.1 Å². The summed E-state index contributed by atoms with van der Waals surface area (Å²) >= 11 is 0. The summed E-state index contributed by atoms with van der Waals surface area (Å²) in [5.74, 6) is 0.485. The molecule has 158 valence electrons. The van der Waals surface area contributed by atoms with E-state index in [-0.39, 0.29) is 11.5 Å². The summed E-state index contributed by atoms with van der Waals surface area (Å²) in [5, 5.41) is 7.36. The van der Waals surface area contributed by atoms with Crippen LogP contribution >= 0.6 is 0 Å². The van der Waals surface area contributed by atoms with Crippen LogP contribution in [-0.2, 0) is 17.7 Å². The van der Waals surface area contributed by atoms with Crippen LogP contribution in [0.2, 0.25) is 0 Å². The predicted octanol–water partition coefficient (Wildman–Crippen LogP) is 3.66. The molecule has 0 atom stereocenters. The Morgan fingerprint density at radius 1 is 1.17 bits per heavy atom. The second-order valence-electron chi connectivity index (χ2n) is 6.73. The molecule has 29 heavy (non-hydrogen) atoms. The third kappa shape index (κ3) is 6.93. The molecule has 0 unspecified atom stereocenters. The Labute approximate surface area is 172 Å². The molecule has 1 aromatic carbocycles. The predicted molar refractivity (Wildman–Crippen MR) is 114 cm³/mol. The van der Waals surface area contributed by atoms with Gasteiger partial charge in [0, 0.05) is 19.2 Å². The van der Waals surface area contributed by atoms with E-state index in [1.807, 2.05) is 19.1 Å². The summed E-state index contributed by atoms with van der Waals surface area (Å²) in [6.07, 6.45) is 5.10. The van der Waals surface area contributed by atoms with Gasteiger partial charge in [-0.15, -0.1) is 0 Å². The van der Waals surface area contributed by atoms with E-state index in [1.54, 1.807) is 25.3 Å². The molecule has 2 aromatic rings. The smallest absolute Gasteiger partial charge is 0.338 e. The van der Waals surface area contributed by atoms with E-state index in [2.05, 4.69) is 17.3 Å². The molecule has 7 heteroatoms. The van der Waals surface area contributed by atoms with E-state index in [0.29, 0.717) is 37.6 Å². The molecule has 0 aliphatic carbocycles. The van der Waals surface area contributed by atoms with E-state index in [0.717, 1.165) is 37.0 Å². The van der Waals surface area contributed by atoms with Crippen molar-refractivity contribution in [1.82, 2.24) is 9.78 Å². The van der Waals surface area contributed by atoms with Gasteiger partial charge in [0.05, 0.1) is 30.7 Å². The molecule has 0 bridgehead atoms. The van der Waals surface area contributed by atoms with Crippen molar-refractivity contribution >= 4 is 11.7 Å². The van der Waals surface area contributed by atoms with Crippen molar-refractivity contribution in [2.45, 2.75) is 53.0 Å². The zero-order valence-electron chi connectivity index (χ0n) is 17.6. The minimum atomic E-state index is -0.310. The Bertz CT molecular complexity index is 848. The third-order valence-electron chi connectivity index (χ3n) is 4.30. The molecule has 2 rings (SSSR count). The van der Waals surface area contributed by atoms with Gasteiger partial charge in [0.1, 0.15) is 5.75 Å². The van der Waals surface area contributed by atoms with E-state index < -0.39 is 0 Å². The SMILES string of the molecule is CCCc1cc(C(=O)OCC)ccc1OCCCNc1cnn(CCC)c(=O)c1. The number of carbonyl (C=O) groups excluding carboxylic acids is 1. The van der Waals surface area contributed by atoms with Crippen molar-refractivity contribution in [1.29, 1.82) is 0 Å². The topological polar surface area (TPSA) is 82.4 Å². The molecule has 0 saturated carbocycles. The van der Waals surface area contributed by atoms with Crippen LogP contribution in [0.1, 0.15) is 56.0 Å². The van der Waals surface area contributed by atoms with Gasteiger partial charge >= 0.3 is 5.97 Å². The van der Waals surface area contributed by atoms with Crippen molar-refractivity contribution in [3.05, 3.63) is 51.9 Å². The minimum absolute atomic E-state index is 0.0982. The summed E-state index contributed by atoms with van der Waals surface area (Å²) < 4.78 is 12.5. The molecule has 0 aliphatic rings. The largest absolute Gasteiger partial charge is 0.493 e. The van der Waals surface area contributed by atoms with Gasteiger partial charge < -0.3 is 14.8 Å². The minimum Gasteiger partial charge on any atom is -0.493 e. The van der Waals surface area contributed by atoms with Gasteiger partial charge in [-0.05, 0) is 49.9 Å². The zero-order chi connectivity index (χ0) is 21.1. The number of nitrogens with zero attached hydrogens (tertiary/aromatic N) is 2. The highest BCUT2D eigenvalue weighted by molar-refractivity contribution is 5.89. The molecular formula is C22H31N3O4. The number of carbonyl (C=O) groups is 1. The number of aryl methyl sites for hydroxylation is 2. The van der Waals surface area contributed by atoms with Gasteiger partial charge in [-0.25, -0.2) is 9.48 Å². The number of ether oxygens (including phenoxy) is 2. The lowest BCUT2D eigenvalue weighted by Gasteiger charge is -2.13. The summed E-state index contributed by atoms with van der Waals surface area (Å²) in [7, 11) is 0. The first kappa shape index (κ1) is 22.5. The summed E-state index contributed by atoms with van der Waals surface area (Å²) in [4.78, 5) is 23.8. The first-order chi connectivity index (χ1) is 14.1. The first-order valence-corrected chi connectivity index (χ1v) is 10.3. The van der Waals surface area contributed by atoms with Crippen molar-refractivity contribution < 1.29 is 14.3 Å². The monoisotopic (exact) mass is 401 g/mol. The maximum atomic E-state index is 11.9. The van der Waals surface area contributed by atoms with E-state index in [4.69, 9.17) is 9.47 Å². The molecule has 0 spiro atoms. The Morgan fingerprint density at radius 2 is 2.00 bits per heavy atom. The van der Waals surface area contributed by atoms with Crippen LogP contribution in [-0.4, -0.2) is 35.5 Å². The lowest BCUT2D eigenvalue weighted by molar-refractivity contribution is 0.0526. The fourth-order valence-electron chi connectivity index (χ4n) is 2.92. The molecule has 0 fully saturated rings. The lowest BCUT2D eigenvalue weighted by Crippen LogP contribution is -2.22. The second-order valence-corrected chi connectivity index (χ2v) is 6.73. The number of rotatable bonds is 12. The standard InChI is InChI=1S/C22H31N3O4/c1-4-8-17-14-18(22(27)28-6-3)9-10-20(17)29-13-7-11-23-19-15-21(26)25(12-5-2)24-16-19/h9-10,14-16,23H,4-8,11-13H2,1-3H3. The number of hydrogen-bond donors (Lipinski definition) is 1. The van der Waals surface area contributed by atoms with Crippen LogP contribution in [0.25, 0.3) is 0 Å². The fourth-order valence-corrected chi connectivity index (χ4v) is 2.92. The Balaban J connectivity index is 1.85. The molecule has 7 nitrogen and oxygen atoms in total. The highest BCUT2D eigenvalue weighted by atomic mass is 16.5. The van der Waals surface area contributed by atoms with Crippen LogP contribution in [0, 0.1) is 0 Å². The van der Waals surface area contributed by atoms with Crippen molar-refractivity contribution in [3.8, 4) is 5.75 Å². The summed E-state index contributed by atoms with van der Waals surface area (Å²) in [6, 6.07) is 6.99. The molecule has 1 aromatic heterocycles. The normalized spacial score (nSPS) is 10.6. The quantitative estimate of drug-likeness (QED) is 0.432. The number of hydrogen-bond acceptors (Lipinski definition) is 6. The van der Waals surface area contributed by atoms with Crippen LogP contribution in [0.4, 0.5) is 5.69 Å². The maximum Gasteiger partial charge on any atom is 0.338 e. The zero-order valence-corrected chi connectivity index (χ0v) is 17.6. The highest BCUT2D eigenvalue weighted by Crippen LogP contribution is 2.22. The molecule has 0 amide bonds. The van der Waals surface area contributed by atoms with E-state index >= 15 is 0 Å². The maximum absolute atomic E-state index is 11.9. The summed E-state index contributed by atoms with van der Waals surface area (Å²) in [6.45, 7) is 8.08. The number of esters is 1. The molecule has 0 radical (unpaired) electrons. The Hall–Kier alpha value is -2.83. The Kier molecular flexibility index (Phi) is 9.21. The second kappa shape index (κ2) is 11.9. The summed E-state index contributed by atoms with van der Waals surface area (Å²) in [5.41, 5.74) is 2.18. The number of benzene rings is 1. The van der Waals surface area contributed by atoms with Crippen LogP contribution in [0.3, 0.4) is 0 Å². The molecule has 1 heterocycles. The number of aromatic nitrogens is 2. The molecule has 1 N–H and O–H groups in total. The third-order valence-corrected chi connectivity index (χ3v) is 4.30. The van der Waals surface area contributed by atoms with Gasteiger partial charge in [0.2, 0.25) is 0 Å². The van der Waals surface area contributed by atoms with Crippen LogP contribution in [0.15, 0.2) is 35.3 Å². The molecule has 0 aliphatic heterocycles. The average Bonchev–Trinajstić information content (AvgIpc) is 2.71. The van der Waals surface area contributed by atoms with Gasteiger partial charge in [-0.3, -0.25) is 4.79 Å².